The molecule has 0 aliphatic heterocycles. The Morgan fingerprint density at radius 1 is 0.852 bits per heavy atom. The monoisotopic (exact) mass is 364 g/mol. The maximum atomic E-state index is 12.8. The van der Waals surface area contributed by atoms with E-state index in [0.29, 0.717) is 11.3 Å². The average Bonchev–Trinajstić information content (AvgIpc) is 3.23. The molecule has 1 unspecified atom stereocenters. The molecule has 3 aromatic rings. The molecule has 0 aliphatic rings. The molecule has 0 fully saturated rings. The summed E-state index contributed by atoms with van der Waals surface area (Å²) >= 11 is 0. The molecule has 0 aliphatic carbocycles. The molecule has 0 bridgehead atoms. The van der Waals surface area contributed by atoms with Gasteiger partial charge in [-0.2, -0.15) is 0 Å². The Morgan fingerprint density at radius 2 is 1.56 bits per heavy atom. The zero-order chi connectivity index (χ0) is 19.2. The second kappa shape index (κ2) is 8.01. The Hall–Kier alpha value is -3.87. The van der Waals surface area contributed by atoms with E-state index in [2.05, 4.69) is 10.6 Å². The smallest absolute Gasteiger partial charge is 0.335 e. The number of rotatable bonds is 7. The van der Waals surface area contributed by atoms with Gasteiger partial charge >= 0.3 is 5.97 Å². The molecule has 0 saturated carbocycles. The van der Waals surface area contributed by atoms with E-state index in [4.69, 9.17) is 9.52 Å². The summed E-state index contributed by atoms with van der Waals surface area (Å²) in [6.45, 7) is 0. The van der Waals surface area contributed by atoms with E-state index >= 15 is 0 Å². The molecule has 2 aromatic carbocycles. The maximum absolute atomic E-state index is 12.8. The van der Waals surface area contributed by atoms with Crippen LogP contribution in [0.5, 0.6) is 0 Å². The summed E-state index contributed by atoms with van der Waals surface area (Å²) in [6.07, 6.45) is 0.293. The standard InChI is InChI=1S/C20H16N2O5/c23-17(13-5-2-1-3-6-13)18(22-19(24)16-7-4-12-27-16)21-15-10-8-14(9-11-15)20(25)26/h1-12,18,21H,(H,22,24)(H,25,26). The van der Waals surface area contributed by atoms with E-state index < -0.39 is 18.0 Å². The summed E-state index contributed by atoms with van der Waals surface area (Å²) in [5, 5.41) is 14.5. The third-order valence-electron chi connectivity index (χ3n) is 3.78. The van der Waals surface area contributed by atoms with Crippen LogP contribution in [-0.2, 0) is 0 Å². The molecular formula is C20H16N2O5. The van der Waals surface area contributed by atoms with E-state index in [0.717, 1.165) is 0 Å². The highest BCUT2D eigenvalue weighted by molar-refractivity contribution is 6.04. The van der Waals surface area contributed by atoms with E-state index in [1.165, 1.54) is 36.6 Å². The van der Waals surface area contributed by atoms with Crippen molar-refractivity contribution in [2.75, 3.05) is 5.32 Å². The first kappa shape index (κ1) is 17.9. The highest BCUT2D eigenvalue weighted by atomic mass is 16.4. The predicted molar refractivity (Wildman–Crippen MR) is 97.8 cm³/mol. The topological polar surface area (TPSA) is 109 Å². The van der Waals surface area contributed by atoms with Gasteiger partial charge in [0, 0.05) is 11.3 Å². The Balaban J connectivity index is 1.83. The van der Waals surface area contributed by atoms with Crippen molar-refractivity contribution in [2.45, 2.75) is 6.17 Å². The Bertz CT molecular complexity index is 934. The number of amides is 1. The van der Waals surface area contributed by atoms with E-state index in [1.54, 1.807) is 36.4 Å². The number of hydrogen-bond acceptors (Lipinski definition) is 5. The number of carboxylic acid groups (broad SMARTS) is 1. The van der Waals surface area contributed by atoms with Crippen molar-refractivity contribution in [1.29, 1.82) is 0 Å². The van der Waals surface area contributed by atoms with Gasteiger partial charge in [-0.15, -0.1) is 0 Å². The molecule has 27 heavy (non-hydrogen) atoms. The van der Waals surface area contributed by atoms with Gasteiger partial charge in [0.25, 0.3) is 5.91 Å². The van der Waals surface area contributed by atoms with Crippen LogP contribution in [0.25, 0.3) is 0 Å². The minimum absolute atomic E-state index is 0.0730. The van der Waals surface area contributed by atoms with Crippen LogP contribution in [0.15, 0.2) is 77.4 Å². The number of anilines is 1. The number of benzene rings is 2. The Morgan fingerprint density at radius 3 is 2.15 bits per heavy atom. The summed E-state index contributed by atoms with van der Waals surface area (Å²) in [4.78, 5) is 36.1. The zero-order valence-corrected chi connectivity index (χ0v) is 14.1. The number of ketones is 1. The molecule has 136 valence electrons. The van der Waals surface area contributed by atoms with Crippen LogP contribution in [0.4, 0.5) is 5.69 Å². The lowest BCUT2D eigenvalue weighted by Crippen LogP contribution is -2.46. The van der Waals surface area contributed by atoms with Crippen molar-refractivity contribution in [2.24, 2.45) is 0 Å². The molecule has 0 spiro atoms. The van der Waals surface area contributed by atoms with Crippen LogP contribution in [-0.4, -0.2) is 28.9 Å². The molecule has 1 aromatic heterocycles. The van der Waals surface area contributed by atoms with Gasteiger partial charge in [0.1, 0.15) is 0 Å². The largest absolute Gasteiger partial charge is 0.478 e. The molecule has 0 radical (unpaired) electrons. The lowest BCUT2D eigenvalue weighted by Gasteiger charge is -2.20. The first-order valence-corrected chi connectivity index (χ1v) is 8.08. The number of carboxylic acids is 1. The van der Waals surface area contributed by atoms with Crippen LogP contribution >= 0.6 is 0 Å². The minimum Gasteiger partial charge on any atom is -0.478 e. The van der Waals surface area contributed by atoms with Gasteiger partial charge in [0.05, 0.1) is 11.8 Å². The fourth-order valence-electron chi connectivity index (χ4n) is 2.42. The lowest BCUT2D eigenvalue weighted by atomic mass is 10.1. The Labute approximate surface area is 154 Å². The number of carbonyl (C=O) groups is 3. The molecule has 7 nitrogen and oxygen atoms in total. The van der Waals surface area contributed by atoms with E-state index in [1.807, 2.05) is 0 Å². The number of hydrogen-bond donors (Lipinski definition) is 3. The SMILES string of the molecule is O=C(O)c1ccc(NC(NC(=O)c2ccco2)C(=O)c2ccccc2)cc1. The fourth-order valence-corrected chi connectivity index (χ4v) is 2.42. The zero-order valence-electron chi connectivity index (χ0n) is 14.1. The first-order chi connectivity index (χ1) is 13.0. The fraction of sp³-hybridized carbons (Fsp3) is 0.0500. The van der Waals surface area contributed by atoms with Crippen LogP contribution in [0.1, 0.15) is 31.3 Å². The number of Topliss-reactive ketones (excluding diaryl/α,β-unsaturated/α-hetero) is 1. The molecule has 1 atom stereocenters. The highest BCUT2D eigenvalue weighted by Crippen LogP contribution is 2.13. The number of furan rings is 1. The third-order valence-corrected chi connectivity index (χ3v) is 3.78. The second-order valence-corrected chi connectivity index (χ2v) is 5.64. The molecule has 1 amide bonds. The quantitative estimate of drug-likeness (QED) is 0.439. The molecule has 0 saturated heterocycles. The number of aromatic carboxylic acids is 1. The van der Waals surface area contributed by atoms with Crippen LogP contribution in [0.3, 0.4) is 0 Å². The van der Waals surface area contributed by atoms with Gasteiger partial charge in [-0.1, -0.05) is 30.3 Å². The molecular weight excluding hydrogens is 348 g/mol. The predicted octanol–water partition coefficient (Wildman–Crippen LogP) is 3.03. The van der Waals surface area contributed by atoms with Gasteiger partial charge in [-0.25, -0.2) is 4.79 Å². The lowest BCUT2D eigenvalue weighted by molar-refractivity contribution is 0.0696. The summed E-state index contributed by atoms with van der Waals surface area (Å²) in [7, 11) is 0. The normalized spacial score (nSPS) is 11.4. The maximum Gasteiger partial charge on any atom is 0.335 e. The summed E-state index contributed by atoms with van der Waals surface area (Å²) in [5.41, 5.74) is 1.01. The molecule has 1 heterocycles. The van der Waals surface area contributed by atoms with Crippen molar-refractivity contribution in [3.8, 4) is 0 Å². The van der Waals surface area contributed by atoms with Crippen molar-refractivity contribution in [3.63, 3.8) is 0 Å². The summed E-state index contributed by atoms with van der Waals surface area (Å²) in [6, 6.07) is 17.4. The average molecular weight is 364 g/mol. The number of carbonyl (C=O) groups excluding carboxylic acids is 2. The molecule has 3 N–H and O–H groups in total. The van der Waals surface area contributed by atoms with Crippen molar-refractivity contribution in [1.82, 2.24) is 5.32 Å². The van der Waals surface area contributed by atoms with Gasteiger partial charge in [-0.05, 0) is 36.4 Å². The summed E-state index contributed by atoms with van der Waals surface area (Å²) < 4.78 is 5.06. The highest BCUT2D eigenvalue weighted by Gasteiger charge is 2.23. The van der Waals surface area contributed by atoms with Gasteiger partial charge < -0.3 is 20.2 Å². The van der Waals surface area contributed by atoms with E-state index in [-0.39, 0.29) is 17.1 Å². The first-order valence-electron chi connectivity index (χ1n) is 8.08. The van der Waals surface area contributed by atoms with Gasteiger partial charge in [0.2, 0.25) is 5.78 Å². The Kier molecular flexibility index (Phi) is 5.32. The van der Waals surface area contributed by atoms with Crippen LogP contribution in [0.2, 0.25) is 0 Å². The van der Waals surface area contributed by atoms with E-state index in [9.17, 15) is 14.4 Å². The van der Waals surface area contributed by atoms with Crippen molar-refractivity contribution >= 4 is 23.3 Å². The van der Waals surface area contributed by atoms with Crippen molar-refractivity contribution < 1.29 is 23.9 Å². The van der Waals surface area contributed by atoms with Crippen LogP contribution in [0, 0.1) is 0 Å². The van der Waals surface area contributed by atoms with Crippen LogP contribution < -0.4 is 10.6 Å². The van der Waals surface area contributed by atoms with Gasteiger partial charge in [0.15, 0.2) is 11.9 Å². The second-order valence-electron chi connectivity index (χ2n) is 5.64. The van der Waals surface area contributed by atoms with Crippen molar-refractivity contribution in [3.05, 3.63) is 89.9 Å². The third kappa shape index (κ3) is 4.40. The molecule has 3 rings (SSSR count). The van der Waals surface area contributed by atoms with Gasteiger partial charge in [-0.3, -0.25) is 9.59 Å². The summed E-state index contributed by atoms with van der Waals surface area (Å²) in [5.74, 6) is -1.88. The minimum atomic E-state index is -1.07. The number of nitrogens with one attached hydrogen (secondary N) is 2. The molecule has 7 heteroatoms.